The van der Waals surface area contributed by atoms with Gasteiger partial charge in [-0.2, -0.15) is 5.10 Å². The van der Waals surface area contributed by atoms with Crippen LogP contribution in [0.5, 0.6) is 0 Å². The number of amides is 2. The molecule has 0 unspecified atom stereocenters. The average molecular weight is 386 g/mol. The number of rotatable bonds is 4. The number of likely N-dealkylation sites (tertiary alicyclic amines) is 1. The van der Waals surface area contributed by atoms with Crippen molar-refractivity contribution in [2.75, 3.05) is 13.1 Å². The largest absolute Gasteiger partial charge is 0.369 e. The molecule has 1 saturated heterocycles. The summed E-state index contributed by atoms with van der Waals surface area (Å²) >= 11 is 0. The summed E-state index contributed by atoms with van der Waals surface area (Å²) in [5.74, 6) is -1.20. The molecule has 2 aromatic rings. The fourth-order valence-corrected chi connectivity index (χ4v) is 3.43. The molecule has 2 heterocycles. The highest BCUT2D eigenvalue weighted by molar-refractivity contribution is 5.84. The van der Waals surface area contributed by atoms with Gasteiger partial charge in [0.2, 0.25) is 11.8 Å². The number of halogens is 1. The number of carbonyl (C=O) groups is 2. The number of hydrogen-bond acceptors (Lipinski definition) is 4. The van der Waals surface area contributed by atoms with Gasteiger partial charge in [0.05, 0.1) is 5.69 Å². The van der Waals surface area contributed by atoms with Gasteiger partial charge in [-0.05, 0) is 57.0 Å². The number of aromatic nitrogens is 2. The lowest BCUT2D eigenvalue weighted by Gasteiger charge is -2.36. The third kappa shape index (κ3) is 3.81. The summed E-state index contributed by atoms with van der Waals surface area (Å²) < 4.78 is 14.3. The van der Waals surface area contributed by atoms with Crippen molar-refractivity contribution in [1.82, 2.24) is 14.7 Å². The first-order chi connectivity index (χ1) is 13.2. The molecule has 1 aliphatic heterocycles. The first-order valence-electron chi connectivity index (χ1n) is 9.15. The Morgan fingerprint density at radius 1 is 1.11 bits per heavy atom. The molecule has 2 amide bonds. The van der Waals surface area contributed by atoms with Crippen molar-refractivity contribution in [3.63, 3.8) is 0 Å². The van der Waals surface area contributed by atoms with Crippen LogP contribution in [0.15, 0.2) is 41.2 Å². The zero-order valence-corrected chi connectivity index (χ0v) is 15.9. The highest BCUT2D eigenvalue weighted by Gasteiger charge is 2.38. The number of nitrogens with zero attached hydrogens (tertiary/aromatic N) is 3. The minimum atomic E-state index is -1.22. The molecule has 0 radical (unpaired) electrons. The van der Waals surface area contributed by atoms with Crippen LogP contribution < -0.4 is 11.3 Å². The molecule has 28 heavy (non-hydrogen) atoms. The standard InChI is InChI=1S/C20H23FN4O3/c1-20(2,19(28)24-11-9-14(10-12-24)18(22)27)25-17(26)8-7-16(23-25)13-3-5-15(21)6-4-13/h3-8,14H,9-12H2,1-2H3,(H2,22,27). The Balaban J connectivity index is 1.87. The smallest absolute Gasteiger partial charge is 0.267 e. The third-order valence-corrected chi connectivity index (χ3v) is 5.18. The van der Waals surface area contributed by atoms with Crippen LogP contribution in [0.1, 0.15) is 26.7 Å². The molecule has 1 aromatic heterocycles. The minimum Gasteiger partial charge on any atom is -0.369 e. The molecule has 0 spiro atoms. The van der Waals surface area contributed by atoms with E-state index in [9.17, 15) is 18.8 Å². The zero-order chi connectivity index (χ0) is 20.5. The second kappa shape index (κ2) is 7.53. The first kappa shape index (κ1) is 19.7. The molecule has 0 saturated carbocycles. The predicted octanol–water partition coefficient (Wildman–Crippen LogP) is 1.51. The molecule has 7 nitrogen and oxygen atoms in total. The highest BCUT2D eigenvalue weighted by atomic mass is 19.1. The number of hydrogen-bond donors (Lipinski definition) is 1. The first-order valence-corrected chi connectivity index (χ1v) is 9.15. The van der Waals surface area contributed by atoms with Crippen molar-refractivity contribution in [3.05, 3.63) is 52.6 Å². The number of benzene rings is 1. The lowest BCUT2D eigenvalue weighted by atomic mass is 9.94. The fraction of sp³-hybridized carbons (Fsp3) is 0.400. The van der Waals surface area contributed by atoms with Gasteiger partial charge in [-0.1, -0.05) is 0 Å². The summed E-state index contributed by atoms with van der Waals surface area (Å²) in [5.41, 5.74) is 4.83. The maximum Gasteiger partial charge on any atom is 0.267 e. The lowest BCUT2D eigenvalue weighted by molar-refractivity contribution is -0.142. The van der Waals surface area contributed by atoms with Crippen molar-refractivity contribution in [3.8, 4) is 11.3 Å². The Hall–Kier alpha value is -3.03. The van der Waals surface area contributed by atoms with Gasteiger partial charge in [0.1, 0.15) is 11.4 Å². The van der Waals surface area contributed by atoms with E-state index in [-0.39, 0.29) is 23.5 Å². The molecular formula is C20H23FN4O3. The zero-order valence-electron chi connectivity index (χ0n) is 15.9. The van der Waals surface area contributed by atoms with Crippen LogP contribution in [0.4, 0.5) is 4.39 Å². The van der Waals surface area contributed by atoms with Crippen molar-refractivity contribution >= 4 is 11.8 Å². The van der Waals surface area contributed by atoms with Gasteiger partial charge in [-0.3, -0.25) is 14.4 Å². The van der Waals surface area contributed by atoms with Gasteiger partial charge < -0.3 is 10.6 Å². The van der Waals surface area contributed by atoms with Crippen LogP contribution in [0.2, 0.25) is 0 Å². The topological polar surface area (TPSA) is 98.3 Å². The van der Waals surface area contributed by atoms with E-state index in [0.717, 1.165) is 4.68 Å². The van der Waals surface area contributed by atoms with Crippen molar-refractivity contribution in [1.29, 1.82) is 0 Å². The average Bonchev–Trinajstić information content (AvgIpc) is 2.68. The van der Waals surface area contributed by atoms with Gasteiger partial charge in [0.15, 0.2) is 0 Å². The summed E-state index contributed by atoms with van der Waals surface area (Å²) in [4.78, 5) is 38.5. The van der Waals surface area contributed by atoms with E-state index in [4.69, 9.17) is 5.73 Å². The van der Waals surface area contributed by atoms with Crippen molar-refractivity contribution in [2.45, 2.75) is 32.2 Å². The van der Waals surface area contributed by atoms with Crippen molar-refractivity contribution < 1.29 is 14.0 Å². The van der Waals surface area contributed by atoms with E-state index in [1.807, 2.05) is 0 Å². The molecule has 1 aliphatic rings. The van der Waals surface area contributed by atoms with E-state index in [0.29, 0.717) is 37.2 Å². The predicted molar refractivity (Wildman–Crippen MR) is 102 cm³/mol. The fourth-order valence-electron chi connectivity index (χ4n) is 3.43. The number of primary amides is 1. The molecule has 8 heteroatoms. The Morgan fingerprint density at radius 2 is 1.71 bits per heavy atom. The van der Waals surface area contributed by atoms with Gasteiger partial charge in [0, 0.05) is 30.6 Å². The summed E-state index contributed by atoms with van der Waals surface area (Å²) in [6.45, 7) is 4.08. The summed E-state index contributed by atoms with van der Waals surface area (Å²) in [5, 5.41) is 4.36. The normalized spacial score (nSPS) is 15.5. The molecule has 1 aromatic carbocycles. The number of piperidine rings is 1. The lowest BCUT2D eigenvalue weighted by Crippen LogP contribution is -2.53. The quantitative estimate of drug-likeness (QED) is 0.861. The monoisotopic (exact) mass is 386 g/mol. The number of carbonyl (C=O) groups excluding carboxylic acids is 2. The van der Waals surface area contributed by atoms with Crippen molar-refractivity contribution in [2.24, 2.45) is 11.7 Å². The van der Waals surface area contributed by atoms with E-state index in [1.54, 1.807) is 36.9 Å². The summed E-state index contributed by atoms with van der Waals surface area (Å²) in [6.07, 6.45) is 1.02. The van der Waals surface area contributed by atoms with Crippen LogP contribution in [0, 0.1) is 11.7 Å². The van der Waals surface area contributed by atoms with Gasteiger partial charge in [-0.25, -0.2) is 9.07 Å². The molecule has 1 fully saturated rings. The van der Waals surface area contributed by atoms with E-state index in [2.05, 4.69) is 5.10 Å². The maximum absolute atomic E-state index is 13.2. The second-order valence-corrected chi connectivity index (χ2v) is 7.50. The molecule has 0 atom stereocenters. The summed E-state index contributed by atoms with van der Waals surface area (Å²) in [7, 11) is 0. The molecule has 148 valence electrons. The van der Waals surface area contributed by atoms with E-state index < -0.39 is 11.1 Å². The highest BCUT2D eigenvalue weighted by Crippen LogP contribution is 2.23. The van der Waals surface area contributed by atoms with Crippen LogP contribution in [0.25, 0.3) is 11.3 Å². The summed E-state index contributed by atoms with van der Waals surface area (Å²) in [6, 6.07) is 8.65. The molecule has 0 aliphatic carbocycles. The Labute approximate surface area is 161 Å². The third-order valence-electron chi connectivity index (χ3n) is 5.18. The second-order valence-electron chi connectivity index (χ2n) is 7.50. The van der Waals surface area contributed by atoms with Gasteiger partial charge in [-0.15, -0.1) is 0 Å². The van der Waals surface area contributed by atoms with Crippen LogP contribution in [-0.4, -0.2) is 39.6 Å². The van der Waals surface area contributed by atoms with Gasteiger partial charge in [0.25, 0.3) is 5.56 Å². The van der Waals surface area contributed by atoms with Crippen LogP contribution in [-0.2, 0) is 15.1 Å². The molecular weight excluding hydrogens is 363 g/mol. The van der Waals surface area contributed by atoms with Crippen LogP contribution >= 0.6 is 0 Å². The maximum atomic E-state index is 13.2. The molecule has 0 bridgehead atoms. The van der Waals surface area contributed by atoms with E-state index >= 15 is 0 Å². The Morgan fingerprint density at radius 3 is 2.29 bits per heavy atom. The molecule has 2 N–H and O–H groups in total. The Kier molecular flexibility index (Phi) is 5.31. The van der Waals surface area contributed by atoms with Crippen LogP contribution in [0.3, 0.4) is 0 Å². The van der Waals surface area contributed by atoms with E-state index in [1.165, 1.54) is 18.2 Å². The van der Waals surface area contributed by atoms with Gasteiger partial charge >= 0.3 is 0 Å². The Bertz CT molecular complexity index is 945. The number of nitrogens with two attached hydrogens (primary N) is 1. The minimum absolute atomic E-state index is 0.227. The SMILES string of the molecule is CC(C)(C(=O)N1CCC(C(N)=O)CC1)n1nc(-c2ccc(F)cc2)ccc1=O. The molecule has 3 rings (SSSR count).